The molecule has 1 aliphatic heterocycles. The summed E-state index contributed by atoms with van der Waals surface area (Å²) in [5, 5.41) is 23.8. The molecule has 1 saturated heterocycles. The van der Waals surface area contributed by atoms with Crippen molar-refractivity contribution < 1.29 is 23.6 Å². The summed E-state index contributed by atoms with van der Waals surface area (Å²) in [6, 6.07) is 4.97. The third-order valence-corrected chi connectivity index (χ3v) is 5.27. The maximum absolute atomic E-state index is 13.0. The first-order valence-corrected chi connectivity index (χ1v) is 9.88. The number of halogens is 2. The molecule has 1 fully saturated rings. The number of piperazine rings is 1. The molecule has 0 saturated carbocycles. The van der Waals surface area contributed by atoms with Crippen LogP contribution in [0.25, 0.3) is 0 Å². The Morgan fingerprint density at radius 1 is 1.31 bits per heavy atom. The molecule has 0 spiro atoms. The average Bonchev–Trinajstić information content (AvgIpc) is 2.72. The number of anilines is 3. The van der Waals surface area contributed by atoms with Crippen molar-refractivity contribution in [3.63, 3.8) is 0 Å². The van der Waals surface area contributed by atoms with Gasteiger partial charge in [0.2, 0.25) is 5.82 Å². The van der Waals surface area contributed by atoms with E-state index in [0.29, 0.717) is 18.9 Å². The molecule has 3 heterocycles. The second-order valence-electron chi connectivity index (χ2n) is 8.49. The predicted molar refractivity (Wildman–Crippen MR) is 114 cm³/mol. The zero-order chi connectivity index (χ0) is 23.6. The molecule has 0 aliphatic carbocycles. The minimum absolute atomic E-state index is 0.105. The Labute approximate surface area is 183 Å². The quantitative estimate of drug-likeness (QED) is 0.511. The van der Waals surface area contributed by atoms with Gasteiger partial charge in [-0.1, -0.05) is 20.8 Å². The van der Waals surface area contributed by atoms with Crippen LogP contribution in [0.15, 0.2) is 30.5 Å². The number of hydrogen-bond donors (Lipinski definition) is 2. The second-order valence-corrected chi connectivity index (χ2v) is 8.49. The molecule has 2 N–H and O–H groups in total. The lowest BCUT2D eigenvalue weighted by atomic mass is 9.84. The highest BCUT2D eigenvalue weighted by Crippen LogP contribution is 2.33. The maximum atomic E-state index is 13.0. The van der Waals surface area contributed by atoms with Gasteiger partial charge in [-0.05, 0) is 23.6 Å². The molecule has 1 unspecified atom stereocenters. The average molecular weight is 450 g/mol. The van der Waals surface area contributed by atoms with Gasteiger partial charge in [0.15, 0.2) is 0 Å². The van der Waals surface area contributed by atoms with E-state index >= 15 is 0 Å². The topological polar surface area (TPSA) is 125 Å². The molecular weight excluding hydrogens is 426 g/mol. The first-order chi connectivity index (χ1) is 15.0. The highest BCUT2D eigenvalue weighted by Gasteiger charge is 2.38. The van der Waals surface area contributed by atoms with Gasteiger partial charge in [0.25, 0.3) is 6.43 Å². The summed E-state index contributed by atoms with van der Waals surface area (Å²) in [4.78, 5) is 33.7. The number of amides is 1. The lowest BCUT2D eigenvalue weighted by Gasteiger charge is -2.46. The number of carboxylic acid groups (broad SMARTS) is 1. The fourth-order valence-electron chi connectivity index (χ4n) is 3.60. The molecule has 2 aromatic rings. The molecule has 12 heteroatoms. The fourth-order valence-corrected chi connectivity index (χ4v) is 3.60. The van der Waals surface area contributed by atoms with Crippen molar-refractivity contribution in [2.45, 2.75) is 33.2 Å². The van der Waals surface area contributed by atoms with E-state index in [1.165, 1.54) is 29.3 Å². The molecule has 1 atom stereocenters. The molecule has 0 aromatic carbocycles. The van der Waals surface area contributed by atoms with Crippen molar-refractivity contribution in [2.24, 2.45) is 5.41 Å². The SMILES string of the molecule is CC(C)(C)C1CN(c2ccc([N+](=O)[O-])c(Nc3ccnc(C(F)F)c3)n2)CCN1C(=O)O. The minimum atomic E-state index is -2.79. The van der Waals surface area contributed by atoms with E-state index in [0.717, 1.165) is 6.07 Å². The zero-order valence-corrected chi connectivity index (χ0v) is 17.8. The summed E-state index contributed by atoms with van der Waals surface area (Å²) in [5.41, 5.74) is -0.944. The van der Waals surface area contributed by atoms with E-state index in [2.05, 4.69) is 15.3 Å². The van der Waals surface area contributed by atoms with Crippen LogP contribution in [-0.4, -0.2) is 56.7 Å². The lowest BCUT2D eigenvalue weighted by molar-refractivity contribution is -0.384. The molecule has 2 aromatic heterocycles. The van der Waals surface area contributed by atoms with Gasteiger partial charge in [-0.2, -0.15) is 0 Å². The Kier molecular flexibility index (Phi) is 6.42. The molecule has 1 amide bonds. The third kappa shape index (κ3) is 5.01. The van der Waals surface area contributed by atoms with Crippen LogP contribution in [0.1, 0.15) is 32.9 Å². The zero-order valence-electron chi connectivity index (χ0n) is 17.8. The number of nitro groups is 1. The van der Waals surface area contributed by atoms with E-state index in [-0.39, 0.29) is 35.2 Å². The van der Waals surface area contributed by atoms with Crippen LogP contribution < -0.4 is 10.2 Å². The van der Waals surface area contributed by atoms with E-state index in [1.54, 1.807) is 0 Å². The number of aromatic nitrogens is 2. The summed E-state index contributed by atoms with van der Waals surface area (Å²) < 4.78 is 25.9. The van der Waals surface area contributed by atoms with Crippen LogP contribution in [0.2, 0.25) is 0 Å². The molecule has 10 nitrogen and oxygen atoms in total. The molecule has 0 bridgehead atoms. The maximum Gasteiger partial charge on any atom is 0.407 e. The Morgan fingerprint density at radius 2 is 2.03 bits per heavy atom. The van der Waals surface area contributed by atoms with Crippen molar-refractivity contribution in [1.82, 2.24) is 14.9 Å². The van der Waals surface area contributed by atoms with Gasteiger partial charge in [-0.15, -0.1) is 0 Å². The van der Waals surface area contributed by atoms with Gasteiger partial charge in [-0.3, -0.25) is 15.1 Å². The smallest absolute Gasteiger partial charge is 0.407 e. The van der Waals surface area contributed by atoms with Crippen molar-refractivity contribution in [2.75, 3.05) is 29.9 Å². The van der Waals surface area contributed by atoms with Crippen molar-refractivity contribution in [3.05, 3.63) is 46.3 Å². The van der Waals surface area contributed by atoms with Crippen LogP contribution >= 0.6 is 0 Å². The summed E-state index contributed by atoms with van der Waals surface area (Å²) in [6.45, 7) is 6.78. The van der Waals surface area contributed by atoms with E-state index < -0.39 is 23.1 Å². The Hall–Kier alpha value is -3.57. The first-order valence-electron chi connectivity index (χ1n) is 9.88. The van der Waals surface area contributed by atoms with Crippen LogP contribution in [0.3, 0.4) is 0 Å². The van der Waals surface area contributed by atoms with Gasteiger partial charge in [0, 0.05) is 37.6 Å². The molecular formula is C20H24F2N6O4. The molecule has 172 valence electrons. The Morgan fingerprint density at radius 3 is 2.62 bits per heavy atom. The largest absolute Gasteiger partial charge is 0.465 e. The third-order valence-electron chi connectivity index (χ3n) is 5.27. The highest BCUT2D eigenvalue weighted by molar-refractivity contribution is 5.69. The minimum Gasteiger partial charge on any atom is -0.465 e. The van der Waals surface area contributed by atoms with Crippen LogP contribution in [0.5, 0.6) is 0 Å². The number of carbonyl (C=O) groups is 1. The monoisotopic (exact) mass is 450 g/mol. The summed E-state index contributed by atoms with van der Waals surface area (Å²) in [7, 11) is 0. The number of pyridine rings is 2. The lowest BCUT2D eigenvalue weighted by Crippen LogP contribution is -2.59. The summed E-state index contributed by atoms with van der Waals surface area (Å²) >= 11 is 0. The predicted octanol–water partition coefficient (Wildman–Crippen LogP) is 4.28. The molecule has 0 radical (unpaired) electrons. The molecule has 3 rings (SSSR count). The Balaban J connectivity index is 1.93. The number of rotatable bonds is 5. The van der Waals surface area contributed by atoms with E-state index in [4.69, 9.17) is 0 Å². The summed E-state index contributed by atoms with van der Waals surface area (Å²) in [5.74, 6) is 0.312. The normalized spacial score (nSPS) is 16.9. The molecule has 32 heavy (non-hydrogen) atoms. The second kappa shape index (κ2) is 8.89. The fraction of sp³-hybridized carbons (Fsp3) is 0.450. The van der Waals surface area contributed by atoms with Crippen molar-refractivity contribution in [1.29, 1.82) is 0 Å². The van der Waals surface area contributed by atoms with Crippen LogP contribution in [0.4, 0.5) is 36.6 Å². The first kappa shape index (κ1) is 23.1. The summed E-state index contributed by atoms with van der Waals surface area (Å²) in [6.07, 6.45) is -2.61. The highest BCUT2D eigenvalue weighted by atomic mass is 19.3. The van der Waals surface area contributed by atoms with E-state index in [9.17, 15) is 28.8 Å². The van der Waals surface area contributed by atoms with Crippen molar-refractivity contribution >= 4 is 29.1 Å². The number of nitrogens with one attached hydrogen (secondary N) is 1. The van der Waals surface area contributed by atoms with Gasteiger partial charge in [0.05, 0.1) is 11.0 Å². The molecule has 1 aliphatic rings. The van der Waals surface area contributed by atoms with Crippen molar-refractivity contribution in [3.8, 4) is 0 Å². The number of alkyl halides is 2. The van der Waals surface area contributed by atoms with Crippen LogP contribution in [-0.2, 0) is 0 Å². The standard InChI is InChI=1S/C20H24F2N6O4/c1-20(2,3)15-11-26(8-9-27(15)19(29)30)16-5-4-14(28(31)32)18(25-16)24-12-6-7-23-13(10-12)17(21)22/h4-7,10,15,17H,8-9,11H2,1-3H3,(H,29,30)(H,23,24,25). The van der Waals surface area contributed by atoms with Gasteiger partial charge >= 0.3 is 11.8 Å². The van der Waals surface area contributed by atoms with Gasteiger partial charge < -0.3 is 20.2 Å². The number of nitrogens with zero attached hydrogens (tertiary/aromatic N) is 5. The number of hydrogen-bond acceptors (Lipinski definition) is 7. The van der Waals surface area contributed by atoms with E-state index in [1.807, 2.05) is 25.7 Å². The Bertz CT molecular complexity index is 1010. The van der Waals surface area contributed by atoms with Gasteiger partial charge in [0.1, 0.15) is 11.5 Å². The van der Waals surface area contributed by atoms with Crippen LogP contribution in [0, 0.1) is 15.5 Å². The van der Waals surface area contributed by atoms with Gasteiger partial charge in [-0.25, -0.2) is 18.6 Å².